The van der Waals surface area contributed by atoms with Gasteiger partial charge in [0.1, 0.15) is 24.7 Å². The third kappa shape index (κ3) is 10.4. The van der Waals surface area contributed by atoms with E-state index in [1.807, 2.05) is 13.8 Å². The summed E-state index contributed by atoms with van der Waals surface area (Å²) >= 11 is 0. The summed E-state index contributed by atoms with van der Waals surface area (Å²) in [5.74, 6) is 1.33. The van der Waals surface area contributed by atoms with Gasteiger partial charge in [-0.25, -0.2) is 0 Å². The van der Waals surface area contributed by atoms with E-state index in [1.54, 1.807) is 0 Å². The molecule has 2 fully saturated rings. The van der Waals surface area contributed by atoms with Gasteiger partial charge in [-0.2, -0.15) is 0 Å². The summed E-state index contributed by atoms with van der Waals surface area (Å²) in [5, 5.41) is 0. The number of hydrogen-bond donors (Lipinski definition) is 0. The Morgan fingerprint density at radius 2 is 1.14 bits per heavy atom. The minimum atomic E-state index is -0.249. The summed E-state index contributed by atoms with van der Waals surface area (Å²) < 4.78 is 34.4. The van der Waals surface area contributed by atoms with Gasteiger partial charge in [0.15, 0.2) is 0 Å². The molecule has 2 aliphatic rings. The molecule has 0 aromatic heterocycles. The first-order chi connectivity index (χ1) is 20.1. The average molecular weight is 591 g/mol. The van der Waals surface area contributed by atoms with E-state index in [1.165, 1.54) is 0 Å². The van der Waals surface area contributed by atoms with Crippen LogP contribution < -0.4 is 9.47 Å². The van der Waals surface area contributed by atoms with Crippen LogP contribution in [0.3, 0.4) is 0 Å². The predicted octanol–water partition coefficient (Wildman–Crippen LogP) is 6.82. The second kappa shape index (κ2) is 16.5. The van der Waals surface area contributed by atoms with Crippen molar-refractivity contribution in [2.24, 2.45) is 0 Å². The molecule has 2 heterocycles. The largest absolute Gasteiger partial charge is 0.494 e. The number of carbonyl (C=O) groups excluding carboxylic acids is 2. The number of esters is 2. The molecule has 1 aromatic carbocycles. The fourth-order valence-electron chi connectivity index (χ4n) is 5.85. The van der Waals surface area contributed by atoms with E-state index < -0.39 is 0 Å². The van der Waals surface area contributed by atoms with Crippen LogP contribution in [0.25, 0.3) is 0 Å². The Balaban J connectivity index is 1.63. The van der Waals surface area contributed by atoms with Gasteiger partial charge < -0.3 is 28.4 Å². The van der Waals surface area contributed by atoms with Gasteiger partial charge in [-0.1, -0.05) is 27.7 Å². The second-order valence-corrected chi connectivity index (χ2v) is 12.8. The van der Waals surface area contributed by atoms with Crippen LogP contribution in [0, 0.1) is 0 Å². The summed E-state index contributed by atoms with van der Waals surface area (Å²) in [6.07, 6.45) is 7.83. The van der Waals surface area contributed by atoms with E-state index >= 15 is 0 Å². The highest BCUT2D eigenvalue weighted by Gasteiger charge is 2.31. The molecule has 1 aromatic rings. The fraction of sp³-hybridized carbons (Fsp3) is 0.765. The van der Waals surface area contributed by atoms with Crippen LogP contribution >= 0.6 is 0 Å². The maximum atomic E-state index is 12.4. The molecule has 8 heteroatoms. The molecule has 2 saturated heterocycles. The van der Waals surface area contributed by atoms with E-state index in [4.69, 9.17) is 28.4 Å². The Morgan fingerprint density at radius 1 is 0.738 bits per heavy atom. The van der Waals surface area contributed by atoms with E-state index in [0.717, 1.165) is 74.4 Å². The second-order valence-electron chi connectivity index (χ2n) is 12.8. The Kier molecular flexibility index (Phi) is 13.4. The molecule has 0 amide bonds. The lowest BCUT2D eigenvalue weighted by Gasteiger charge is -2.33. The lowest BCUT2D eigenvalue weighted by atomic mass is 9.75. The van der Waals surface area contributed by atoms with Crippen molar-refractivity contribution in [3.8, 4) is 11.5 Å². The zero-order valence-electron chi connectivity index (χ0n) is 26.9. The van der Waals surface area contributed by atoms with Crippen molar-refractivity contribution < 1.29 is 38.0 Å². The van der Waals surface area contributed by atoms with Crippen LogP contribution in [-0.4, -0.2) is 63.8 Å². The molecule has 0 N–H and O–H groups in total. The number of carbonyl (C=O) groups is 2. The van der Waals surface area contributed by atoms with Crippen molar-refractivity contribution in [2.45, 2.75) is 129 Å². The zero-order chi connectivity index (χ0) is 30.6. The molecule has 0 bridgehead atoms. The first-order valence-electron chi connectivity index (χ1n) is 16.0. The smallest absolute Gasteiger partial charge is 0.305 e. The van der Waals surface area contributed by atoms with Crippen molar-refractivity contribution in [2.75, 3.05) is 39.6 Å². The van der Waals surface area contributed by atoms with E-state index in [0.29, 0.717) is 52.1 Å². The molecule has 42 heavy (non-hydrogen) atoms. The number of rotatable bonds is 18. The number of benzene rings is 1. The first kappa shape index (κ1) is 34.2. The molecule has 0 radical (unpaired) electrons. The highest BCUT2D eigenvalue weighted by Crippen LogP contribution is 2.44. The summed E-state index contributed by atoms with van der Waals surface area (Å²) in [6.45, 7) is 16.0. The molecule has 3 rings (SSSR count). The first-order valence-corrected chi connectivity index (χ1v) is 16.0. The Hall–Kier alpha value is -2.32. The lowest BCUT2D eigenvalue weighted by molar-refractivity contribution is -0.147. The maximum absolute atomic E-state index is 12.4. The SMILES string of the molecule is CCOc1cc(C(C)(C)CCCC(=O)OCC2CCCO2)c(OCC)cc1C(C)(C)CCCC(=O)OCC1CCCO1. The molecular weight excluding hydrogens is 536 g/mol. The average Bonchev–Trinajstić information content (AvgIpc) is 3.66. The molecule has 0 spiro atoms. The van der Waals surface area contributed by atoms with Crippen molar-refractivity contribution in [1.29, 1.82) is 0 Å². The quantitative estimate of drug-likeness (QED) is 0.172. The van der Waals surface area contributed by atoms with Crippen LogP contribution in [0.15, 0.2) is 12.1 Å². The monoisotopic (exact) mass is 590 g/mol. The molecule has 2 unspecified atom stereocenters. The topological polar surface area (TPSA) is 89.5 Å². The lowest BCUT2D eigenvalue weighted by Crippen LogP contribution is -2.24. The van der Waals surface area contributed by atoms with Crippen LogP contribution in [-0.2, 0) is 39.4 Å². The minimum absolute atomic E-state index is 0.0457. The molecule has 2 atom stereocenters. The van der Waals surface area contributed by atoms with Gasteiger partial charge in [-0.3, -0.25) is 9.59 Å². The van der Waals surface area contributed by atoms with Crippen molar-refractivity contribution >= 4 is 11.9 Å². The summed E-state index contributed by atoms with van der Waals surface area (Å²) in [6, 6.07) is 4.24. The molecule has 238 valence electrons. The molecule has 0 aliphatic carbocycles. The highest BCUT2D eigenvalue weighted by molar-refractivity contribution is 5.69. The van der Waals surface area contributed by atoms with Crippen molar-refractivity contribution in [3.05, 3.63) is 23.3 Å². The number of hydrogen-bond acceptors (Lipinski definition) is 8. The summed E-state index contributed by atoms with van der Waals surface area (Å²) in [4.78, 5) is 24.7. The molecule has 8 nitrogen and oxygen atoms in total. The molecule has 2 aliphatic heterocycles. The van der Waals surface area contributed by atoms with E-state index in [-0.39, 0.29) is 35.0 Å². The molecular formula is C34H54O8. The van der Waals surface area contributed by atoms with Gasteiger partial charge in [-0.15, -0.1) is 0 Å². The standard InChI is InChI=1S/C34H54O8/c1-7-37-29-21-28(34(5,6)18-10-16-32(36)42-24-26-14-12-20-40-26)30(38-8-2)22-27(29)33(3,4)17-9-15-31(35)41-23-25-13-11-19-39-25/h21-22,25-26H,7-20,23-24H2,1-6H3. The summed E-state index contributed by atoms with van der Waals surface area (Å²) in [7, 11) is 0. The van der Waals surface area contributed by atoms with Crippen LogP contribution in [0.4, 0.5) is 0 Å². The third-order valence-electron chi connectivity index (χ3n) is 8.41. The van der Waals surface area contributed by atoms with Gasteiger partial charge >= 0.3 is 11.9 Å². The van der Waals surface area contributed by atoms with Gasteiger partial charge in [0.05, 0.1) is 25.4 Å². The Labute approximate surface area is 253 Å². The van der Waals surface area contributed by atoms with Crippen LogP contribution in [0.2, 0.25) is 0 Å². The Bertz CT molecular complexity index is 910. The predicted molar refractivity (Wildman–Crippen MR) is 162 cm³/mol. The van der Waals surface area contributed by atoms with Gasteiger partial charge in [0, 0.05) is 37.2 Å². The van der Waals surface area contributed by atoms with E-state index in [2.05, 4.69) is 39.8 Å². The van der Waals surface area contributed by atoms with Gasteiger partial charge in [0.25, 0.3) is 0 Å². The Morgan fingerprint density at radius 3 is 1.48 bits per heavy atom. The van der Waals surface area contributed by atoms with Gasteiger partial charge in [-0.05, 0) is 88.2 Å². The van der Waals surface area contributed by atoms with Crippen molar-refractivity contribution in [3.63, 3.8) is 0 Å². The zero-order valence-corrected chi connectivity index (χ0v) is 26.9. The number of ether oxygens (including phenoxy) is 6. The minimum Gasteiger partial charge on any atom is -0.494 e. The summed E-state index contributed by atoms with van der Waals surface area (Å²) in [5.41, 5.74) is 1.64. The highest BCUT2D eigenvalue weighted by atomic mass is 16.6. The van der Waals surface area contributed by atoms with Gasteiger partial charge in [0.2, 0.25) is 0 Å². The van der Waals surface area contributed by atoms with Crippen LogP contribution in [0.1, 0.15) is 117 Å². The van der Waals surface area contributed by atoms with Crippen molar-refractivity contribution in [1.82, 2.24) is 0 Å². The van der Waals surface area contributed by atoms with Crippen LogP contribution in [0.5, 0.6) is 11.5 Å². The third-order valence-corrected chi connectivity index (χ3v) is 8.41. The normalized spacial score (nSPS) is 19.1. The maximum Gasteiger partial charge on any atom is 0.305 e. The van der Waals surface area contributed by atoms with E-state index in [9.17, 15) is 9.59 Å². The fourth-order valence-corrected chi connectivity index (χ4v) is 5.85. The molecule has 0 saturated carbocycles.